The van der Waals surface area contributed by atoms with Crippen molar-refractivity contribution in [2.45, 2.75) is 71.1 Å². The van der Waals surface area contributed by atoms with E-state index < -0.39 is 0 Å². The summed E-state index contributed by atoms with van der Waals surface area (Å²) in [5.74, 6) is 8.21. The summed E-state index contributed by atoms with van der Waals surface area (Å²) in [4.78, 5) is 0. The molecule has 4 rings (SSSR count). The van der Waals surface area contributed by atoms with Crippen LogP contribution in [0.3, 0.4) is 0 Å². The molecular formula is C33H37F. The van der Waals surface area contributed by atoms with E-state index in [1.165, 1.54) is 44.1 Å². The van der Waals surface area contributed by atoms with Crippen LogP contribution in [-0.4, -0.2) is 0 Å². The van der Waals surface area contributed by atoms with Crippen molar-refractivity contribution < 1.29 is 4.39 Å². The van der Waals surface area contributed by atoms with Gasteiger partial charge in [0, 0.05) is 16.5 Å². The number of rotatable bonds is 8. The van der Waals surface area contributed by atoms with Gasteiger partial charge in [0.15, 0.2) is 0 Å². The highest BCUT2D eigenvalue weighted by Gasteiger charge is 2.19. The lowest BCUT2D eigenvalue weighted by molar-refractivity contribution is 0.265. The van der Waals surface area contributed by atoms with Gasteiger partial charge in [-0.1, -0.05) is 74.4 Å². The second-order valence-electron chi connectivity index (χ2n) is 9.97. The summed E-state index contributed by atoms with van der Waals surface area (Å²) in [6.45, 7) is 6.02. The SMILES string of the molecule is C=CCC1CCC(CCc2ccc(C#Cc3ccc4c(F)c(CCCC)ccc4c3)cc2)CC1. The van der Waals surface area contributed by atoms with Crippen molar-refractivity contribution in [3.8, 4) is 11.8 Å². The largest absolute Gasteiger partial charge is 0.206 e. The van der Waals surface area contributed by atoms with Crippen LogP contribution in [0.2, 0.25) is 0 Å². The van der Waals surface area contributed by atoms with Gasteiger partial charge in [-0.2, -0.15) is 0 Å². The predicted octanol–water partition coefficient (Wildman–Crippen LogP) is 9.04. The summed E-state index contributed by atoms with van der Waals surface area (Å²) in [6, 6.07) is 18.5. The smallest absolute Gasteiger partial charge is 0.134 e. The fraction of sp³-hybridized carbons (Fsp3) is 0.394. The first-order valence-corrected chi connectivity index (χ1v) is 13.1. The molecule has 3 aromatic rings. The van der Waals surface area contributed by atoms with Crippen molar-refractivity contribution in [2.24, 2.45) is 11.8 Å². The van der Waals surface area contributed by atoms with Gasteiger partial charge < -0.3 is 0 Å². The van der Waals surface area contributed by atoms with Crippen molar-refractivity contribution in [3.05, 3.63) is 95.3 Å². The highest BCUT2D eigenvalue weighted by molar-refractivity contribution is 5.85. The first kappa shape index (κ1) is 24.3. The molecule has 0 heterocycles. The lowest BCUT2D eigenvalue weighted by atomic mass is 9.78. The lowest BCUT2D eigenvalue weighted by Gasteiger charge is -2.27. The van der Waals surface area contributed by atoms with Crippen LogP contribution in [0.5, 0.6) is 0 Å². The van der Waals surface area contributed by atoms with Gasteiger partial charge in [0.25, 0.3) is 0 Å². The summed E-state index contributed by atoms with van der Waals surface area (Å²) in [5, 5.41) is 1.61. The van der Waals surface area contributed by atoms with Gasteiger partial charge in [0.1, 0.15) is 5.82 Å². The number of allylic oxidation sites excluding steroid dienone is 1. The number of fused-ring (bicyclic) bond motifs is 1. The molecule has 0 saturated heterocycles. The molecule has 0 aliphatic heterocycles. The summed E-state index contributed by atoms with van der Waals surface area (Å²) in [5.41, 5.74) is 4.16. The third-order valence-corrected chi connectivity index (χ3v) is 7.45. The summed E-state index contributed by atoms with van der Waals surface area (Å²) in [6.07, 6.45) is 14.1. The summed E-state index contributed by atoms with van der Waals surface area (Å²) < 4.78 is 14.8. The molecule has 0 atom stereocenters. The molecule has 1 saturated carbocycles. The van der Waals surface area contributed by atoms with Gasteiger partial charge in [0.2, 0.25) is 0 Å². The number of benzene rings is 3. The van der Waals surface area contributed by atoms with Crippen molar-refractivity contribution in [2.75, 3.05) is 0 Å². The Hall–Kier alpha value is -2.85. The Morgan fingerprint density at radius 3 is 2.32 bits per heavy atom. The predicted molar refractivity (Wildman–Crippen MR) is 144 cm³/mol. The molecule has 176 valence electrons. The summed E-state index contributed by atoms with van der Waals surface area (Å²) in [7, 11) is 0. The van der Waals surface area contributed by atoms with Gasteiger partial charge in [-0.15, -0.1) is 6.58 Å². The third-order valence-electron chi connectivity index (χ3n) is 7.45. The van der Waals surface area contributed by atoms with E-state index in [4.69, 9.17) is 0 Å². The fourth-order valence-corrected chi connectivity index (χ4v) is 5.24. The van der Waals surface area contributed by atoms with Gasteiger partial charge >= 0.3 is 0 Å². The van der Waals surface area contributed by atoms with Crippen LogP contribution in [0.15, 0.2) is 67.3 Å². The zero-order valence-electron chi connectivity index (χ0n) is 20.6. The minimum absolute atomic E-state index is 0.0779. The summed E-state index contributed by atoms with van der Waals surface area (Å²) >= 11 is 0. The minimum atomic E-state index is -0.0779. The van der Waals surface area contributed by atoms with E-state index in [-0.39, 0.29) is 5.82 Å². The number of halogens is 1. The molecule has 0 unspecified atom stereocenters. The Bertz CT molecular complexity index is 1150. The Morgan fingerprint density at radius 1 is 0.882 bits per heavy atom. The highest BCUT2D eigenvalue weighted by atomic mass is 19.1. The average Bonchev–Trinajstić information content (AvgIpc) is 2.87. The molecule has 0 radical (unpaired) electrons. The molecule has 1 aliphatic carbocycles. The van der Waals surface area contributed by atoms with Crippen LogP contribution in [0.1, 0.15) is 80.5 Å². The van der Waals surface area contributed by atoms with Gasteiger partial charge in [-0.3, -0.25) is 0 Å². The van der Waals surface area contributed by atoms with Crippen LogP contribution in [0, 0.1) is 29.5 Å². The van der Waals surface area contributed by atoms with E-state index in [9.17, 15) is 4.39 Å². The first-order valence-electron chi connectivity index (χ1n) is 13.1. The Kier molecular flexibility index (Phi) is 8.59. The molecule has 0 N–H and O–H groups in total. The quantitative estimate of drug-likeness (QED) is 0.236. The minimum Gasteiger partial charge on any atom is -0.206 e. The molecular weight excluding hydrogens is 415 g/mol. The van der Waals surface area contributed by atoms with Gasteiger partial charge in [0.05, 0.1) is 0 Å². The molecule has 0 nitrogen and oxygen atoms in total. The van der Waals surface area contributed by atoms with Crippen LogP contribution in [0.4, 0.5) is 4.39 Å². The number of hydrogen-bond acceptors (Lipinski definition) is 0. The normalized spacial score (nSPS) is 17.8. The van der Waals surface area contributed by atoms with Crippen LogP contribution < -0.4 is 0 Å². The van der Waals surface area contributed by atoms with Crippen LogP contribution >= 0.6 is 0 Å². The van der Waals surface area contributed by atoms with E-state index in [2.05, 4.69) is 55.7 Å². The maximum absolute atomic E-state index is 14.8. The molecule has 3 aromatic carbocycles. The number of unbranched alkanes of at least 4 members (excludes halogenated alkanes) is 1. The van der Waals surface area contributed by atoms with Crippen LogP contribution in [-0.2, 0) is 12.8 Å². The van der Waals surface area contributed by atoms with Crippen LogP contribution in [0.25, 0.3) is 10.8 Å². The van der Waals surface area contributed by atoms with E-state index in [1.807, 2.05) is 30.3 Å². The molecule has 1 fully saturated rings. The third kappa shape index (κ3) is 6.38. The zero-order chi connectivity index (χ0) is 23.8. The van der Waals surface area contributed by atoms with Gasteiger partial charge in [-0.25, -0.2) is 4.39 Å². The fourth-order valence-electron chi connectivity index (χ4n) is 5.24. The van der Waals surface area contributed by atoms with Crippen molar-refractivity contribution in [3.63, 3.8) is 0 Å². The van der Waals surface area contributed by atoms with E-state index >= 15 is 0 Å². The van der Waals surface area contributed by atoms with Crippen molar-refractivity contribution >= 4 is 10.8 Å². The topological polar surface area (TPSA) is 0 Å². The zero-order valence-corrected chi connectivity index (χ0v) is 20.6. The molecule has 1 heteroatoms. The molecule has 34 heavy (non-hydrogen) atoms. The van der Waals surface area contributed by atoms with E-state index in [0.29, 0.717) is 5.39 Å². The molecule has 0 aromatic heterocycles. The number of aryl methyl sites for hydroxylation is 2. The molecule has 0 amide bonds. The second kappa shape index (κ2) is 12.0. The molecule has 1 aliphatic rings. The Balaban J connectivity index is 1.34. The average molecular weight is 453 g/mol. The van der Waals surface area contributed by atoms with E-state index in [1.54, 1.807) is 0 Å². The molecule has 0 spiro atoms. The maximum Gasteiger partial charge on any atom is 0.134 e. The maximum atomic E-state index is 14.8. The Morgan fingerprint density at radius 2 is 1.59 bits per heavy atom. The van der Waals surface area contributed by atoms with Crippen molar-refractivity contribution in [1.29, 1.82) is 0 Å². The Labute approximate surface area is 205 Å². The van der Waals surface area contributed by atoms with Gasteiger partial charge in [-0.05, 0) is 97.6 Å². The first-order chi connectivity index (χ1) is 16.7. The van der Waals surface area contributed by atoms with Crippen molar-refractivity contribution in [1.82, 2.24) is 0 Å². The monoisotopic (exact) mass is 452 g/mol. The second-order valence-corrected chi connectivity index (χ2v) is 9.97. The highest BCUT2D eigenvalue weighted by Crippen LogP contribution is 2.33. The molecule has 0 bridgehead atoms. The number of hydrogen-bond donors (Lipinski definition) is 0. The lowest BCUT2D eigenvalue weighted by Crippen LogP contribution is -2.14. The van der Waals surface area contributed by atoms with E-state index in [0.717, 1.165) is 59.6 Å². The standard InChI is InChI=1S/C33H37F/c1-3-5-7-30-21-22-31-24-29(20-23-32(31)33(30)34)19-18-28-16-14-27(15-17-28)13-12-26-10-8-25(6-4-2)9-11-26/h4,14-17,20-26H,2-3,5-13H2,1H3.